The highest BCUT2D eigenvalue weighted by molar-refractivity contribution is 6.08. The number of pyridine rings is 1. The average molecular weight is 415 g/mol. The molecule has 0 radical (unpaired) electrons. The van der Waals surface area contributed by atoms with Crippen molar-refractivity contribution in [1.82, 2.24) is 14.9 Å². The number of aliphatic imine (C=N–C) groups is 1. The third kappa shape index (κ3) is 2.87. The monoisotopic (exact) mass is 414 g/mol. The van der Waals surface area contributed by atoms with E-state index in [0.717, 1.165) is 52.2 Å². The summed E-state index contributed by atoms with van der Waals surface area (Å²) in [5.41, 5.74) is 6.83. The summed E-state index contributed by atoms with van der Waals surface area (Å²) >= 11 is 0. The Morgan fingerprint density at radius 2 is 2.13 bits per heavy atom. The fraction of sp³-hybridized carbons (Fsp3) is 0.375. The van der Waals surface area contributed by atoms with E-state index in [1.807, 2.05) is 24.3 Å². The van der Waals surface area contributed by atoms with Gasteiger partial charge in [-0.3, -0.25) is 14.7 Å². The lowest BCUT2D eigenvalue weighted by atomic mass is 9.96. The molecule has 3 aliphatic rings. The molecule has 7 nitrogen and oxygen atoms in total. The number of piperazine rings is 1. The van der Waals surface area contributed by atoms with Crippen LogP contribution in [0.4, 0.5) is 11.5 Å². The fourth-order valence-corrected chi connectivity index (χ4v) is 5.09. The van der Waals surface area contributed by atoms with Crippen LogP contribution in [0.5, 0.6) is 0 Å². The Morgan fingerprint density at radius 1 is 1.26 bits per heavy atom. The number of nitrogens with zero attached hydrogens (tertiary/aromatic N) is 4. The lowest BCUT2D eigenvalue weighted by Gasteiger charge is -2.32. The molecule has 3 aromatic rings. The standard InChI is InChI=1S/C24H26N6O/c1-25-10-15-7-17-18(16-9-19-23(27-11-16)28-14-24(19)3-4-24)12-26-22(17)20(8-15)30-6-5-29(2)13-21(30)31/h7-9,11-12,26H,1,3-6,10,13-14H2,2H3,(H,27,28). The van der Waals surface area contributed by atoms with Gasteiger partial charge in [0.05, 0.1) is 24.3 Å². The zero-order chi connectivity index (χ0) is 21.2. The van der Waals surface area contributed by atoms with Crippen LogP contribution in [-0.2, 0) is 16.8 Å². The second kappa shape index (κ2) is 6.65. The lowest BCUT2D eigenvalue weighted by Crippen LogP contribution is -2.49. The summed E-state index contributed by atoms with van der Waals surface area (Å²) in [6, 6.07) is 6.54. The van der Waals surface area contributed by atoms with Crippen molar-refractivity contribution in [3.05, 3.63) is 41.7 Å². The maximum atomic E-state index is 12.8. The lowest BCUT2D eigenvalue weighted by molar-refractivity contribution is -0.120. The van der Waals surface area contributed by atoms with E-state index in [2.05, 4.69) is 45.1 Å². The van der Waals surface area contributed by atoms with Gasteiger partial charge >= 0.3 is 0 Å². The molecule has 0 unspecified atom stereocenters. The minimum atomic E-state index is 0.121. The molecule has 1 amide bonds. The van der Waals surface area contributed by atoms with Crippen molar-refractivity contribution in [2.24, 2.45) is 4.99 Å². The van der Waals surface area contributed by atoms with Crippen LogP contribution in [-0.4, -0.2) is 60.7 Å². The first kappa shape index (κ1) is 18.6. The van der Waals surface area contributed by atoms with Crippen molar-refractivity contribution in [2.75, 3.05) is 43.4 Å². The van der Waals surface area contributed by atoms with Crippen LogP contribution in [0.25, 0.3) is 22.0 Å². The van der Waals surface area contributed by atoms with Crippen LogP contribution >= 0.6 is 0 Å². The second-order valence-corrected chi connectivity index (χ2v) is 9.16. The smallest absolute Gasteiger partial charge is 0.241 e. The first-order valence-corrected chi connectivity index (χ1v) is 10.9. The number of aromatic amines is 1. The number of anilines is 2. The second-order valence-electron chi connectivity index (χ2n) is 9.16. The number of amides is 1. The van der Waals surface area contributed by atoms with Gasteiger partial charge in [-0.15, -0.1) is 0 Å². The van der Waals surface area contributed by atoms with E-state index in [1.54, 1.807) is 0 Å². The molecule has 4 heterocycles. The Bertz CT molecular complexity index is 1220. The molecule has 1 spiro atoms. The van der Waals surface area contributed by atoms with Crippen molar-refractivity contribution in [2.45, 2.75) is 24.8 Å². The van der Waals surface area contributed by atoms with Gasteiger partial charge in [-0.1, -0.05) is 0 Å². The molecule has 31 heavy (non-hydrogen) atoms. The largest absolute Gasteiger partial charge is 0.369 e. The summed E-state index contributed by atoms with van der Waals surface area (Å²) in [4.78, 5) is 29.1. The minimum Gasteiger partial charge on any atom is -0.369 e. The normalized spacial score (nSPS) is 19.6. The number of likely N-dealkylation sites (N-methyl/N-ethyl adjacent to an activating group) is 1. The van der Waals surface area contributed by atoms with Crippen molar-refractivity contribution in [3.8, 4) is 11.1 Å². The Labute approximate surface area is 181 Å². The number of aromatic nitrogens is 2. The van der Waals surface area contributed by atoms with E-state index in [9.17, 15) is 4.79 Å². The van der Waals surface area contributed by atoms with Gasteiger partial charge in [0.15, 0.2) is 0 Å². The molecule has 2 aromatic heterocycles. The number of hydrogen-bond donors (Lipinski definition) is 2. The highest BCUT2D eigenvalue weighted by atomic mass is 16.2. The van der Waals surface area contributed by atoms with Gasteiger partial charge in [-0.2, -0.15) is 0 Å². The molecule has 2 fully saturated rings. The Hall–Kier alpha value is -3.19. The first-order chi connectivity index (χ1) is 15.1. The van der Waals surface area contributed by atoms with Crippen LogP contribution in [0.2, 0.25) is 0 Å². The topological polar surface area (TPSA) is 76.6 Å². The van der Waals surface area contributed by atoms with Crippen molar-refractivity contribution < 1.29 is 4.79 Å². The van der Waals surface area contributed by atoms with Gasteiger partial charge in [0.25, 0.3) is 0 Å². The number of hydrogen-bond acceptors (Lipinski definition) is 5. The van der Waals surface area contributed by atoms with Crippen molar-refractivity contribution in [1.29, 1.82) is 0 Å². The molecule has 7 heteroatoms. The number of rotatable bonds is 4. The number of benzene rings is 1. The molecular formula is C24H26N6O. The third-order valence-corrected chi connectivity index (χ3v) is 7.04. The summed E-state index contributed by atoms with van der Waals surface area (Å²) < 4.78 is 0. The van der Waals surface area contributed by atoms with Crippen LogP contribution in [0, 0.1) is 0 Å². The van der Waals surface area contributed by atoms with E-state index in [1.165, 1.54) is 18.4 Å². The number of nitrogens with one attached hydrogen (secondary N) is 2. The molecular weight excluding hydrogens is 388 g/mol. The fourth-order valence-electron chi connectivity index (χ4n) is 5.09. The molecule has 1 saturated carbocycles. The molecule has 2 N–H and O–H groups in total. The number of H-pyrrole nitrogens is 1. The number of carbonyl (C=O) groups excluding carboxylic acids is 1. The molecule has 1 aliphatic carbocycles. The van der Waals surface area contributed by atoms with Gasteiger partial charge in [0.1, 0.15) is 5.82 Å². The van der Waals surface area contributed by atoms with Gasteiger partial charge in [0.2, 0.25) is 5.91 Å². The van der Waals surface area contributed by atoms with Crippen LogP contribution < -0.4 is 10.2 Å². The van der Waals surface area contributed by atoms with Gasteiger partial charge in [-0.05, 0) is 50.4 Å². The maximum Gasteiger partial charge on any atom is 0.241 e. The Balaban J connectivity index is 1.49. The van der Waals surface area contributed by atoms with E-state index in [0.29, 0.717) is 25.0 Å². The predicted octanol–water partition coefficient (Wildman–Crippen LogP) is 3.17. The van der Waals surface area contributed by atoms with Crippen molar-refractivity contribution >= 4 is 35.0 Å². The molecule has 1 aromatic carbocycles. The minimum absolute atomic E-state index is 0.121. The van der Waals surface area contributed by atoms with E-state index in [4.69, 9.17) is 4.98 Å². The maximum absolute atomic E-state index is 12.8. The summed E-state index contributed by atoms with van der Waals surface area (Å²) in [7, 11) is 1.98. The zero-order valence-corrected chi connectivity index (χ0v) is 17.7. The summed E-state index contributed by atoms with van der Waals surface area (Å²) in [5, 5.41) is 4.56. The highest BCUT2D eigenvalue weighted by Crippen LogP contribution is 2.54. The number of fused-ring (bicyclic) bond motifs is 3. The van der Waals surface area contributed by atoms with Gasteiger partial charge in [0, 0.05) is 59.5 Å². The van der Waals surface area contributed by atoms with Crippen LogP contribution in [0.1, 0.15) is 24.0 Å². The highest BCUT2D eigenvalue weighted by Gasteiger charge is 2.49. The first-order valence-electron chi connectivity index (χ1n) is 10.9. The average Bonchev–Trinajstić information content (AvgIpc) is 3.29. The van der Waals surface area contributed by atoms with Crippen molar-refractivity contribution in [3.63, 3.8) is 0 Å². The van der Waals surface area contributed by atoms with E-state index >= 15 is 0 Å². The number of carbonyl (C=O) groups is 1. The Morgan fingerprint density at radius 3 is 2.90 bits per heavy atom. The molecule has 0 atom stereocenters. The molecule has 0 bridgehead atoms. The molecule has 2 aliphatic heterocycles. The van der Waals surface area contributed by atoms with Crippen LogP contribution in [0.3, 0.4) is 0 Å². The van der Waals surface area contributed by atoms with Gasteiger partial charge < -0.3 is 15.2 Å². The molecule has 6 rings (SSSR count). The quantitative estimate of drug-likeness (QED) is 0.643. The van der Waals surface area contributed by atoms with E-state index < -0.39 is 0 Å². The summed E-state index contributed by atoms with van der Waals surface area (Å²) in [6.45, 7) is 7.16. The van der Waals surface area contributed by atoms with E-state index in [-0.39, 0.29) is 5.91 Å². The summed E-state index contributed by atoms with van der Waals surface area (Å²) in [5.74, 6) is 1.15. The molecule has 158 valence electrons. The zero-order valence-electron chi connectivity index (χ0n) is 17.7. The van der Waals surface area contributed by atoms with Crippen LogP contribution in [0.15, 0.2) is 35.6 Å². The Kier molecular flexibility index (Phi) is 3.99. The third-order valence-electron chi connectivity index (χ3n) is 7.04. The predicted molar refractivity (Wildman–Crippen MR) is 124 cm³/mol. The summed E-state index contributed by atoms with van der Waals surface area (Å²) in [6.07, 6.45) is 6.47. The van der Waals surface area contributed by atoms with Gasteiger partial charge in [-0.25, -0.2) is 4.98 Å². The molecule has 1 saturated heterocycles. The SMILES string of the molecule is C=NCc1cc(N2CCN(C)CC2=O)c2[nH]cc(-c3cnc4c(c3)C3(CC3)CN4)c2c1.